The van der Waals surface area contributed by atoms with E-state index in [0.29, 0.717) is 30.0 Å². The van der Waals surface area contributed by atoms with Crippen LogP contribution in [0, 0.1) is 11.8 Å². The summed E-state index contributed by atoms with van der Waals surface area (Å²) in [7, 11) is 1.00. The Bertz CT molecular complexity index is 652. The highest BCUT2D eigenvalue weighted by Crippen LogP contribution is 2.46. The number of ether oxygens (including phenoxy) is 1. The Hall–Kier alpha value is -1.91. The van der Waals surface area contributed by atoms with Gasteiger partial charge in [-0.05, 0) is 55.9 Å². The van der Waals surface area contributed by atoms with Crippen molar-refractivity contribution in [3.8, 4) is 0 Å². The first-order valence-corrected chi connectivity index (χ1v) is 10.8. The van der Waals surface area contributed by atoms with Gasteiger partial charge in [0.1, 0.15) is 0 Å². The number of rotatable bonds is 10. The molecule has 1 aromatic carbocycles. The highest BCUT2D eigenvalue weighted by molar-refractivity contribution is 5.66. The quantitative estimate of drug-likeness (QED) is 0.411. The topological polar surface area (TPSA) is 66.8 Å². The van der Waals surface area contributed by atoms with Crippen LogP contribution in [0.3, 0.4) is 0 Å². The number of aliphatic carboxylic acids is 1. The number of carbonyl (C=O) groups is 1. The van der Waals surface area contributed by atoms with Gasteiger partial charge >= 0.3 is 5.97 Å². The average Bonchev–Trinajstić information content (AvgIpc) is 3.34. The maximum absolute atomic E-state index is 10.6. The highest BCUT2D eigenvalue weighted by Gasteiger charge is 2.46. The molecular weight excluding hydrogens is 364 g/mol. The summed E-state index contributed by atoms with van der Waals surface area (Å²) in [6.07, 6.45) is 16.3. The van der Waals surface area contributed by atoms with Crippen molar-refractivity contribution >= 4 is 5.97 Å². The molecule has 3 rings (SSSR count). The number of hydrogen-bond donors (Lipinski definition) is 2. The van der Waals surface area contributed by atoms with Gasteiger partial charge in [0, 0.05) is 19.4 Å². The van der Waals surface area contributed by atoms with Crippen LogP contribution in [-0.4, -0.2) is 35.5 Å². The fraction of sp³-hybridized carbons (Fsp3) is 0.560. The summed E-state index contributed by atoms with van der Waals surface area (Å²) in [6.45, 7) is 2.29. The third kappa shape index (κ3) is 7.13. The van der Waals surface area contributed by atoms with E-state index in [9.17, 15) is 4.79 Å². The third-order valence-corrected chi connectivity index (χ3v) is 6.04. The van der Waals surface area contributed by atoms with Crippen LogP contribution in [0.5, 0.6) is 0 Å². The minimum Gasteiger partial charge on any atom is -0.481 e. The Morgan fingerprint density at radius 2 is 1.86 bits per heavy atom. The molecule has 160 valence electrons. The van der Waals surface area contributed by atoms with Gasteiger partial charge in [-0.3, -0.25) is 4.79 Å². The van der Waals surface area contributed by atoms with E-state index < -0.39 is 5.97 Å². The van der Waals surface area contributed by atoms with E-state index in [0.717, 1.165) is 32.8 Å². The molecule has 2 saturated heterocycles. The molecule has 0 radical (unpaired) electrons. The molecule has 0 saturated carbocycles. The first kappa shape index (κ1) is 23.4. The third-order valence-electron chi connectivity index (χ3n) is 6.04. The Morgan fingerprint density at radius 3 is 2.59 bits per heavy atom. The van der Waals surface area contributed by atoms with Gasteiger partial charge in [0.2, 0.25) is 0 Å². The van der Waals surface area contributed by atoms with Gasteiger partial charge in [-0.2, -0.15) is 0 Å². The molecule has 1 unspecified atom stereocenters. The molecule has 5 atom stereocenters. The summed E-state index contributed by atoms with van der Waals surface area (Å²) in [6, 6.07) is 10.7. The fourth-order valence-corrected chi connectivity index (χ4v) is 4.49. The zero-order chi connectivity index (χ0) is 21.1. The van der Waals surface area contributed by atoms with Gasteiger partial charge in [-0.1, -0.05) is 61.6 Å². The van der Waals surface area contributed by atoms with E-state index in [-0.39, 0.29) is 6.42 Å². The van der Waals surface area contributed by atoms with Gasteiger partial charge in [0.05, 0.1) is 12.2 Å². The van der Waals surface area contributed by atoms with E-state index in [1.165, 1.54) is 18.4 Å². The number of allylic oxidation sites excluding steroid dienone is 3. The Labute approximate surface area is 175 Å². The van der Waals surface area contributed by atoms with Crippen LogP contribution in [0.1, 0.15) is 63.4 Å². The standard InChI is InChI=1S/C24H32O3.CH4O/c1-18(19-11-5-4-6-12-19)10-9-14-21-20(22-16-17-23(21)27-22)13-7-2-3-8-15-24(25)26;1-2/h2,4-7,9,11-12,14,18,20-23H,3,8,10,13,15-17H2,1H3,(H,25,26);2H,1H3/b7-2-,14-9+;/t18?,20-,21+,22+,23-;/m1./s1. The molecule has 2 aliphatic heterocycles. The minimum atomic E-state index is -0.708. The Morgan fingerprint density at radius 1 is 1.14 bits per heavy atom. The number of unbranched alkanes of at least 4 members (excludes halogenated alkanes) is 1. The number of carboxylic acids is 1. The molecule has 0 amide bonds. The van der Waals surface area contributed by atoms with E-state index >= 15 is 0 Å². The van der Waals surface area contributed by atoms with Crippen molar-refractivity contribution in [3.63, 3.8) is 0 Å². The number of aliphatic hydroxyl groups excluding tert-OH is 1. The number of carboxylic acid groups (broad SMARTS) is 1. The molecule has 2 heterocycles. The van der Waals surface area contributed by atoms with E-state index in [4.69, 9.17) is 14.9 Å². The van der Waals surface area contributed by atoms with E-state index in [2.05, 4.69) is 61.6 Å². The summed E-state index contributed by atoms with van der Waals surface area (Å²) in [5.41, 5.74) is 1.40. The lowest BCUT2D eigenvalue weighted by atomic mass is 9.77. The van der Waals surface area contributed by atoms with Crippen LogP contribution in [0.25, 0.3) is 0 Å². The van der Waals surface area contributed by atoms with Gasteiger partial charge in [-0.15, -0.1) is 0 Å². The monoisotopic (exact) mass is 400 g/mol. The normalized spacial score (nSPS) is 26.6. The number of hydrogen-bond acceptors (Lipinski definition) is 3. The lowest BCUT2D eigenvalue weighted by Crippen LogP contribution is -2.25. The van der Waals surface area contributed by atoms with Gasteiger partial charge < -0.3 is 14.9 Å². The molecule has 29 heavy (non-hydrogen) atoms. The van der Waals surface area contributed by atoms with E-state index in [1.807, 2.05) is 0 Å². The van der Waals surface area contributed by atoms with Crippen molar-refractivity contribution < 1.29 is 19.7 Å². The second-order valence-corrected chi connectivity index (χ2v) is 8.00. The van der Waals surface area contributed by atoms with Crippen LogP contribution >= 0.6 is 0 Å². The van der Waals surface area contributed by atoms with Gasteiger partial charge in [-0.25, -0.2) is 0 Å². The molecule has 0 aliphatic carbocycles. The summed E-state index contributed by atoms with van der Waals surface area (Å²) in [5, 5.41) is 15.7. The van der Waals surface area contributed by atoms with Crippen molar-refractivity contribution in [3.05, 3.63) is 60.2 Å². The molecule has 2 fully saturated rings. The molecular formula is C25H36O4. The minimum absolute atomic E-state index is 0.256. The second-order valence-electron chi connectivity index (χ2n) is 8.00. The van der Waals surface area contributed by atoms with Crippen molar-refractivity contribution in [2.75, 3.05) is 7.11 Å². The summed E-state index contributed by atoms with van der Waals surface area (Å²) in [4.78, 5) is 10.6. The van der Waals surface area contributed by atoms with Gasteiger partial charge in [0.15, 0.2) is 0 Å². The van der Waals surface area contributed by atoms with Crippen LogP contribution in [-0.2, 0) is 9.53 Å². The number of fused-ring (bicyclic) bond motifs is 2. The Kier molecular flexibility index (Phi) is 10.2. The molecule has 2 N–H and O–H groups in total. The lowest BCUT2D eigenvalue weighted by Gasteiger charge is -2.24. The maximum Gasteiger partial charge on any atom is 0.303 e. The molecule has 0 aromatic heterocycles. The van der Waals surface area contributed by atoms with Crippen molar-refractivity contribution in [2.24, 2.45) is 11.8 Å². The molecule has 4 heteroatoms. The molecule has 1 aromatic rings. The van der Waals surface area contributed by atoms with Crippen molar-refractivity contribution in [1.29, 1.82) is 0 Å². The lowest BCUT2D eigenvalue weighted by molar-refractivity contribution is -0.137. The van der Waals surface area contributed by atoms with Crippen molar-refractivity contribution in [1.82, 2.24) is 0 Å². The molecule has 0 spiro atoms. The molecule has 2 aliphatic rings. The smallest absolute Gasteiger partial charge is 0.303 e. The SMILES string of the molecule is CC(C/C=C/[C@H]1[C@@H](C/C=C\CCCC(=O)O)[C@@H]2CC[C@H]1O2)c1ccccc1.CO. The summed E-state index contributed by atoms with van der Waals surface area (Å²) < 4.78 is 6.19. The average molecular weight is 401 g/mol. The maximum atomic E-state index is 10.6. The predicted octanol–water partition coefficient (Wildman–Crippen LogP) is 5.34. The summed E-state index contributed by atoms with van der Waals surface area (Å²) >= 11 is 0. The van der Waals surface area contributed by atoms with Gasteiger partial charge in [0.25, 0.3) is 0 Å². The molecule has 2 bridgehead atoms. The zero-order valence-electron chi connectivity index (χ0n) is 17.7. The summed E-state index contributed by atoms with van der Waals surface area (Å²) in [5.74, 6) is 0.924. The Balaban J connectivity index is 0.00000145. The second kappa shape index (κ2) is 12.6. The van der Waals surface area contributed by atoms with Crippen LogP contribution < -0.4 is 0 Å². The highest BCUT2D eigenvalue weighted by atomic mass is 16.5. The van der Waals surface area contributed by atoms with Crippen LogP contribution in [0.15, 0.2) is 54.6 Å². The first-order chi connectivity index (χ1) is 14.1. The number of benzene rings is 1. The predicted molar refractivity (Wildman–Crippen MR) is 117 cm³/mol. The number of aliphatic hydroxyl groups is 1. The van der Waals surface area contributed by atoms with Crippen molar-refractivity contribution in [2.45, 2.75) is 70.0 Å². The van der Waals surface area contributed by atoms with Crippen LogP contribution in [0.4, 0.5) is 0 Å². The zero-order valence-corrected chi connectivity index (χ0v) is 17.7. The fourth-order valence-electron chi connectivity index (χ4n) is 4.49. The largest absolute Gasteiger partial charge is 0.481 e. The first-order valence-electron chi connectivity index (χ1n) is 10.8. The van der Waals surface area contributed by atoms with E-state index in [1.54, 1.807) is 0 Å². The van der Waals surface area contributed by atoms with Crippen LogP contribution in [0.2, 0.25) is 0 Å². The molecule has 4 nitrogen and oxygen atoms in total.